The van der Waals surface area contributed by atoms with Gasteiger partial charge in [-0.2, -0.15) is 0 Å². The molecule has 0 radical (unpaired) electrons. The van der Waals surface area contributed by atoms with Crippen LogP contribution in [0.15, 0.2) is 18.2 Å². The maximum absolute atomic E-state index is 11.9. The SMILES string of the molecule is COc1ccc(NC(=O)NC(C)(C)CCC(=O)O)cc1Cl. The van der Waals surface area contributed by atoms with Gasteiger partial charge in [-0.15, -0.1) is 0 Å². The number of anilines is 1. The van der Waals surface area contributed by atoms with E-state index >= 15 is 0 Å². The van der Waals surface area contributed by atoms with Crippen molar-refractivity contribution in [3.8, 4) is 5.75 Å². The van der Waals surface area contributed by atoms with E-state index in [9.17, 15) is 9.59 Å². The Hall–Kier alpha value is -1.95. The first-order valence-corrected chi connectivity index (χ1v) is 6.76. The van der Waals surface area contributed by atoms with Crippen molar-refractivity contribution in [1.29, 1.82) is 0 Å². The lowest BCUT2D eigenvalue weighted by Crippen LogP contribution is -2.45. The van der Waals surface area contributed by atoms with Gasteiger partial charge in [-0.25, -0.2) is 4.79 Å². The summed E-state index contributed by atoms with van der Waals surface area (Å²) in [6.45, 7) is 3.52. The number of hydrogen-bond donors (Lipinski definition) is 3. The molecule has 2 amide bonds. The molecule has 0 aliphatic heterocycles. The number of urea groups is 1. The van der Waals surface area contributed by atoms with E-state index in [1.165, 1.54) is 7.11 Å². The monoisotopic (exact) mass is 314 g/mol. The largest absolute Gasteiger partial charge is 0.495 e. The number of ether oxygens (including phenoxy) is 1. The topological polar surface area (TPSA) is 87.7 Å². The van der Waals surface area contributed by atoms with E-state index in [1.807, 2.05) is 0 Å². The summed E-state index contributed by atoms with van der Waals surface area (Å²) in [5.41, 5.74) is -0.106. The summed E-state index contributed by atoms with van der Waals surface area (Å²) in [7, 11) is 1.51. The number of methoxy groups -OCH3 is 1. The highest BCUT2D eigenvalue weighted by molar-refractivity contribution is 6.32. The van der Waals surface area contributed by atoms with E-state index < -0.39 is 17.5 Å². The number of carboxylic acid groups (broad SMARTS) is 1. The molecule has 0 heterocycles. The van der Waals surface area contributed by atoms with Crippen molar-refractivity contribution in [2.75, 3.05) is 12.4 Å². The van der Waals surface area contributed by atoms with Crippen LogP contribution in [0.25, 0.3) is 0 Å². The molecule has 7 heteroatoms. The van der Waals surface area contributed by atoms with Crippen LogP contribution in [0.3, 0.4) is 0 Å². The van der Waals surface area contributed by atoms with Crippen LogP contribution in [0.4, 0.5) is 10.5 Å². The fourth-order valence-corrected chi connectivity index (χ4v) is 1.95. The summed E-state index contributed by atoms with van der Waals surface area (Å²) in [5, 5.41) is 14.4. The first kappa shape index (κ1) is 17.1. The van der Waals surface area contributed by atoms with E-state index in [0.717, 1.165) is 0 Å². The quantitative estimate of drug-likeness (QED) is 0.753. The zero-order chi connectivity index (χ0) is 16.0. The number of nitrogens with one attached hydrogen (secondary N) is 2. The molecule has 0 saturated carbocycles. The predicted octanol–water partition coefficient (Wildman–Crippen LogP) is 3.11. The lowest BCUT2D eigenvalue weighted by Gasteiger charge is -2.25. The fraction of sp³-hybridized carbons (Fsp3) is 0.429. The number of carbonyl (C=O) groups is 2. The van der Waals surface area contributed by atoms with Crippen molar-refractivity contribution >= 4 is 29.3 Å². The van der Waals surface area contributed by atoms with Crippen LogP contribution in [-0.4, -0.2) is 29.8 Å². The minimum absolute atomic E-state index is 0.0123. The zero-order valence-electron chi connectivity index (χ0n) is 12.2. The summed E-state index contributed by atoms with van der Waals surface area (Å²) in [6, 6.07) is 4.46. The first-order chi connectivity index (χ1) is 9.73. The summed E-state index contributed by atoms with van der Waals surface area (Å²) in [4.78, 5) is 22.5. The van der Waals surface area contributed by atoms with Crippen molar-refractivity contribution in [2.45, 2.75) is 32.2 Å². The minimum Gasteiger partial charge on any atom is -0.495 e. The molecule has 0 aromatic heterocycles. The number of rotatable bonds is 6. The molecule has 0 spiro atoms. The Labute approximate surface area is 128 Å². The minimum atomic E-state index is -0.896. The molecule has 1 aromatic rings. The smallest absolute Gasteiger partial charge is 0.319 e. The number of hydrogen-bond acceptors (Lipinski definition) is 3. The molecular formula is C14H19ClN2O4. The summed E-state index contributed by atoms with van der Waals surface area (Å²) in [5.74, 6) is -0.378. The molecule has 0 atom stereocenters. The Morgan fingerprint density at radius 2 is 2.05 bits per heavy atom. The van der Waals surface area contributed by atoms with Crippen molar-refractivity contribution in [2.24, 2.45) is 0 Å². The number of benzene rings is 1. The van der Waals surface area contributed by atoms with Gasteiger partial charge in [0.2, 0.25) is 0 Å². The molecule has 1 rings (SSSR count). The van der Waals surface area contributed by atoms with Crippen molar-refractivity contribution in [3.63, 3.8) is 0 Å². The predicted molar refractivity (Wildman–Crippen MR) is 81.1 cm³/mol. The van der Waals surface area contributed by atoms with Gasteiger partial charge in [0, 0.05) is 17.6 Å². The third-order valence-corrected chi connectivity index (χ3v) is 3.12. The Morgan fingerprint density at radius 3 is 2.57 bits per heavy atom. The van der Waals surface area contributed by atoms with E-state index in [0.29, 0.717) is 22.9 Å². The lowest BCUT2D eigenvalue weighted by atomic mass is 9.99. The van der Waals surface area contributed by atoms with Gasteiger partial charge in [0.25, 0.3) is 0 Å². The van der Waals surface area contributed by atoms with Gasteiger partial charge in [0.1, 0.15) is 5.75 Å². The average molecular weight is 315 g/mol. The van der Waals surface area contributed by atoms with E-state index in [-0.39, 0.29) is 6.42 Å². The molecule has 1 aromatic carbocycles. The van der Waals surface area contributed by atoms with Crippen LogP contribution in [0, 0.1) is 0 Å². The van der Waals surface area contributed by atoms with Crippen LogP contribution in [0.2, 0.25) is 5.02 Å². The van der Waals surface area contributed by atoms with E-state index in [2.05, 4.69) is 10.6 Å². The lowest BCUT2D eigenvalue weighted by molar-refractivity contribution is -0.137. The molecule has 3 N–H and O–H groups in total. The van der Waals surface area contributed by atoms with Gasteiger partial charge in [0.05, 0.1) is 12.1 Å². The number of carboxylic acids is 1. The highest BCUT2D eigenvalue weighted by Gasteiger charge is 2.21. The van der Waals surface area contributed by atoms with Crippen LogP contribution < -0.4 is 15.4 Å². The molecule has 0 aliphatic carbocycles. The normalized spacial score (nSPS) is 10.9. The molecule has 0 fully saturated rings. The molecular weight excluding hydrogens is 296 g/mol. The van der Waals surface area contributed by atoms with Crippen LogP contribution in [0.1, 0.15) is 26.7 Å². The maximum Gasteiger partial charge on any atom is 0.319 e. The Balaban J connectivity index is 2.60. The van der Waals surface area contributed by atoms with Crippen molar-refractivity contribution in [1.82, 2.24) is 5.32 Å². The van der Waals surface area contributed by atoms with Gasteiger partial charge in [-0.1, -0.05) is 11.6 Å². The second kappa shape index (κ2) is 7.17. The van der Waals surface area contributed by atoms with Gasteiger partial charge in [-0.3, -0.25) is 4.79 Å². The Kier molecular flexibility index (Phi) is 5.84. The van der Waals surface area contributed by atoms with Crippen molar-refractivity contribution in [3.05, 3.63) is 23.2 Å². The number of carbonyl (C=O) groups excluding carboxylic acids is 1. The van der Waals surface area contributed by atoms with E-state index in [1.54, 1.807) is 32.0 Å². The summed E-state index contributed by atoms with van der Waals surface area (Å²) < 4.78 is 5.02. The highest BCUT2D eigenvalue weighted by atomic mass is 35.5. The zero-order valence-corrected chi connectivity index (χ0v) is 13.0. The fourth-order valence-electron chi connectivity index (χ4n) is 1.70. The summed E-state index contributed by atoms with van der Waals surface area (Å²) in [6.07, 6.45) is 0.320. The molecule has 0 bridgehead atoms. The van der Waals surface area contributed by atoms with Gasteiger partial charge < -0.3 is 20.5 Å². The van der Waals surface area contributed by atoms with E-state index in [4.69, 9.17) is 21.4 Å². The standard InChI is InChI=1S/C14H19ClN2O4/c1-14(2,7-6-12(18)19)17-13(20)16-9-4-5-11(21-3)10(15)8-9/h4-5,8H,6-7H2,1-3H3,(H,18,19)(H2,16,17,20). The average Bonchev–Trinajstić information content (AvgIpc) is 2.36. The Morgan fingerprint density at radius 1 is 1.38 bits per heavy atom. The second-order valence-corrected chi connectivity index (χ2v) is 5.61. The molecule has 0 aliphatic rings. The number of halogens is 1. The maximum atomic E-state index is 11.9. The second-order valence-electron chi connectivity index (χ2n) is 5.21. The van der Waals surface area contributed by atoms with Crippen LogP contribution in [0.5, 0.6) is 5.75 Å². The molecule has 6 nitrogen and oxygen atoms in total. The summed E-state index contributed by atoms with van der Waals surface area (Å²) >= 11 is 5.97. The molecule has 21 heavy (non-hydrogen) atoms. The third-order valence-electron chi connectivity index (χ3n) is 2.83. The Bertz CT molecular complexity index is 532. The van der Waals surface area contributed by atoms with Crippen LogP contribution >= 0.6 is 11.6 Å². The third kappa shape index (κ3) is 5.91. The first-order valence-electron chi connectivity index (χ1n) is 6.38. The molecule has 0 unspecified atom stereocenters. The number of amides is 2. The van der Waals surface area contributed by atoms with Crippen LogP contribution in [-0.2, 0) is 4.79 Å². The van der Waals surface area contributed by atoms with Gasteiger partial charge >= 0.3 is 12.0 Å². The van der Waals surface area contributed by atoms with Crippen molar-refractivity contribution < 1.29 is 19.4 Å². The van der Waals surface area contributed by atoms with Gasteiger partial charge in [0.15, 0.2) is 0 Å². The molecule has 116 valence electrons. The highest BCUT2D eigenvalue weighted by Crippen LogP contribution is 2.27. The van der Waals surface area contributed by atoms with Gasteiger partial charge in [-0.05, 0) is 38.5 Å². The molecule has 0 saturated heterocycles. The number of aliphatic carboxylic acids is 1.